The zero-order valence-corrected chi connectivity index (χ0v) is 17.5. The summed E-state index contributed by atoms with van der Waals surface area (Å²) in [6.45, 7) is 0.412. The molecule has 0 aliphatic rings. The van der Waals surface area contributed by atoms with Gasteiger partial charge in [-0.3, -0.25) is 0 Å². The van der Waals surface area contributed by atoms with Crippen LogP contribution in [0.5, 0.6) is 23.0 Å². The Morgan fingerprint density at radius 1 is 0.742 bits per heavy atom. The van der Waals surface area contributed by atoms with E-state index >= 15 is 0 Å². The normalized spacial score (nSPS) is 10.5. The molecule has 158 valence electrons. The van der Waals surface area contributed by atoms with Crippen LogP contribution in [0.3, 0.4) is 0 Å². The van der Waals surface area contributed by atoms with Crippen LogP contribution in [-0.4, -0.2) is 31.5 Å². The first-order chi connectivity index (χ1) is 15.2. The van der Waals surface area contributed by atoms with Gasteiger partial charge in [-0.1, -0.05) is 23.4 Å². The van der Waals surface area contributed by atoms with Crippen LogP contribution in [0.25, 0.3) is 22.8 Å². The first kappa shape index (κ1) is 20.3. The molecule has 0 saturated heterocycles. The number of hydrogen-bond acceptors (Lipinski definition) is 7. The SMILES string of the molecule is COc1ccccc1COc1ccc(-c2noc(-c3ccc(OC)c(OC)c3)n2)cc1. The Balaban J connectivity index is 1.47. The van der Waals surface area contributed by atoms with E-state index in [0.717, 1.165) is 28.2 Å². The van der Waals surface area contributed by atoms with Gasteiger partial charge in [-0.15, -0.1) is 0 Å². The van der Waals surface area contributed by atoms with Gasteiger partial charge in [0.2, 0.25) is 5.82 Å². The first-order valence-electron chi connectivity index (χ1n) is 9.63. The minimum absolute atomic E-state index is 0.396. The van der Waals surface area contributed by atoms with Gasteiger partial charge in [0, 0.05) is 16.7 Å². The third-order valence-electron chi connectivity index (χ3n) is 4.76. The largest absolute Gasteiger partial charge is 0.496 e. The number of para-hydroxylation sites is 1. The van der Waals surface area contributed by atoms with E-state index in [9.17, 15) is 0 Å². The van der Waals surface area contributed by atoms with E-state index in [-0.39, 0.29) is 0 Å². The van der Waals surface area contributed by atoms with Gasteiger partial charge in [-0.25, -0.2) is 0 Å². The Bertz CT molecular complexity index is 1150. The number of methoxy groups -OCH3 is 3. The van der Waals surface area contributed by atoms with Gasteiger partial charge in [0.1, 0.15) is 18.1 Å². The lowest BCUT2D eigenvalue weighted by atomic mass is 10.2. The standard InChI is InChI=1S/C24H22N2O5/c1-27-20-7-5-4-6-18(20)15-30-19-11-8-16(9-12-19)23-25-24(31-26-23)17-10-13-21(28-2)22(14-17)29-3/h4-14H,15H2,1-3H3. The highest BCUT2D eigenvalue weighted by Gasteiger charge is 2.14. The summed E-state index contributed by atoms with van der Waals surface area (Å²) in [7, 11) is 4.82. The molecule has 0 aliphatic carbocycles. The van der Waals surface area contributed by atoms with Gasteiger partial charge in [0.05, 0.1) is 21.3 Å². The zero-order valence-electron chi connectivity index (χ0n) is 17.5. The lowest BCUT2D eigenvalue weighted by Gasteiger charge is -2.10. The molecule has 1 aromatic heterocycles. The van der Waals surface area contributed by atoms with Crippen molar-refractivity contribution in [1.29, 1.82) is 0 Å². The van der Waals surface area contributed by atoms with Gasteiger partial charge in [-0.05, 0) is 48.5 Å². The summed E-state index contributed by atoms with van der Waals surface area (Å²) in [5.74, 6) is 3.64. The molecule has 4 rings (SSSR count). The maximum absolute atomic E-state index is 5.88. The molecule has 0 aliphatic heterocycles. The van der Waals surface area contributed by atoms with Gasteiger partial charge >= 0.3 is 0 Å². The Kier molecular flexibility index (Phi) is 6.03. The highest BCUT2D eigenvalue weighted by molar-refractivity contribution is 5.63. The third-order valence-corrected chi connectivity index (χ3v) is 4.76. The zero-order chi connectivity index (χ0) is 21.6. The lowest BCUT2D eigenvalue weighted by molar-refractivity contribution is 0.296. The summed E-state index contributed by atoms with van der Waals surface area (Å²) in [6, 6.07) is 20.7. The molecule has 0 fully saturated rings. The van der Waals surface area contributed by atoms with Gasteiger partial charge in [0.25, 0.3) is 5.89 Å². The average Bonchev–Trinajstić information content (AvgIpc) is 3.33. The summed E-state index contributed by atoms with van der Waals surface area (Å²) in [4.78, 5) is 4.50. The smallest absolute Gasteiger partial charge is 0.258 e. The van der Waals surface area contributed by atoms with Crippen LogP contribution < -0.4 is 18.9 Å². The Morgan fingerprint density at radius 2 is 1.45 bits per heavy atom. The second-order valence-electron chi connectivity index (χ2n) is 6.62. The second kappa shape index (κ2) is 9.21. The number of nitrogens with zero attached hydrogens (tertiary/aromatic N) is 2. The van der Waals surface area contributed by atoms with E-state index in [0.29, 0.717) is 29.8 Å². The fraction of sp³-hybridized carbons (Fsp3) is 0.167. The molecule has 0 N–H and O–H groups in total. The van der Waals surface area contributed by atoms with Crippen LogP contribution in [0, 0.1) is 0 Å². The number of benzene rings is 3. The molecule has 0 bridgehead atoms. The van der Waals surface area contributed by atoms with Crippen molar-refractivity contribution in [2.24, 2.45) is 0 Å². The van der Waals surface area contributed by atoms with E-state index in [1.165, 1.54) is 0 Å². The molecule has 7 nitrogen and oxygen atoms in total. The summed E-state index contributed by atoms with van der Waals surface area (Å²) in [6.07, 6.45) is 0. The van der Waals surface area contributed by atoms with Crippen LogP contribution in [0.1, 0.15) is 5.56 Å². The van der Waals surface area contributed by atoms with E-state index in [1.807, 2.05) is 54.6 Å². The minimum Gasteiger partial charge on any atom is -0.496 e. The van der Waals surface area contributed by atoms with Crippen molar-refractivity contribution in [3.63, 3.8) is 0 Å². The van der Waals surface area contributed by atoms with Crippen molar-refractivity contribution in [1.82, 2.24) is 10.1 Å². The van der Waals surface area contributed by atoms with Gasteiger partial charge in [-0.2, -0.15) is 4.98 Å². The summed E-state index contributed by atoms with van der Waals surface area (Å²) in [5, 5.41) is 4.09. The second-order valence-corrected chi connectivity index (χ2v) is 6.62. The van der Waals surface area contributed by atoms with Crippen molar-refractivity contribution in [2.45, 2.75) is 6.61 Å². The van der Waals surface area contributed by atoms with E-state index in [4.69, 9.17) is 23.5 Å². The fourth-order valence-corrected chi connectivity index (χ4v) is 3.11. The van der Waals surface area contributed by atoms with Gasteiger partial charge in [0.15, 0.2) is 11.5 Å². The molecule has 0 atom stereocenters. The Hall–Kier alpha value is -4.00. The van der Waals surface area contributed by atoms with Crippen LogP contribution in [0.15, 0.2) is 71.3 Å². The number of rotatable bonds is 8. The predicted octanol–water partition coefficient (Wildman–Crippen LogP) is 5.01. The molecule has 0 unspecified atom stereocenters. The fourth-order valence-electron chi connectivity index (χ4n) is 3.11. The molecular weight excluding hydrogens is 396 g/mol. The number of aromatic nitrogens is 2. The molecule has 31 heavy (non-hydrogen) atoms. The highest BCUT2D eigenvalue weighted by Crippen LogP contribution is 2.32. The van der Waals surface area contributed by atoms with Gasteiger partial charge < -0.3 is 23.5 Å². The van der Waals surface area contributed by atoms with Crippen LogP contribution in [-0.2, 0) is 6.61 Å². The molecule has 0 amide bonds. The summed E-state index contributed by atoms with van der Waals surface area (Å²) >= 11 is 0. The van der Waals surface area contributed by atoms with Crippen LogP contribution in [0.2, 0.25) is 0 Å². The monoisotopic (exact) mass is 418 g/mol. The average molecular weight is 418 g/mol. The third kappa shape index (κ3) is 4.45. The maximum atomic E-state index is 5.88. The summed E-state index contributed by atoms with van der Waals surface area (Å²) in [5.41, 5.74) is 2.54. The molecule has 0 spiro atoms. The minimum atomic E-state index is 0.396. The molecular formula is C24H22N2O5. The topological polar surface area (TPSA) is 75.8 Å². The van der Waals surface area contributed by atoms with E-state index < -0.39 is 0 Å². The van der Waals surface area contributed by atoms with Crippen molar-refractivity contribution >= 4 is 0 Å². The van der Waals surface area contributed by atoms with E-state index in [1.54, 1.807) is 33.5 Å². The number of hydrogen-bond donors (Lipinski definition) is 0. The first-order valence-corrected chi connectivity index (χ1v) is 9.63. The van der Waals surface area contributed by atoms with Crippen molar-refractivity contribution in [3.8, 4) is 45.8 Å². The van der Waals surface area contributed by atoms with Crippen molar-refractivity contribution < 1.29 is 23.5 Å². The number of ether oxygens (including phenoxy) is 4. The molecule has 1 heterocycles. The molecule has 0 saturated carbocycles. The molecule has 4 aromatic rings. The van der Waals surface area contributed by atoms with Crippen LogP contribution in [0.4, 0.5) is 0 Å². The Morgan fingerprint density at radius 3 is 2.19 bits per heavy atom. The molecule has 0 radical (unpaired) electrons. The summed E-state index contributed by atoms with van der Waals surface area (Å²) < 4.78 is 27.3. The van der Waals surface area contributed by atoms with Crippen LogP contribution >= 0.6 is 0 Å². The molecule has 7 heteroatoms. The van der Waals surface area contributed by atoms with Crippen molar-refractivity contribution in [3.05, 3.63) is 72.3 Å². The lowest BCUT2D eigenvalue weighted by Crippen LogP contribution is -1.98. The quantitative estimate of drug-likeness (QED) is 0.398. The van der Waals surface area contributed by atoms with Crippen molar-refractivity contribution in [2.75, 3.05) is 21.3 Å². The maximum Gasteiger partial charge on any atom is 0.258 e. The predicted molar refractivity (Wildman–Crippen MR) is 116 cm³/mol. The Labute approximate surface area is 180 Å². The molecule has 3 aromatic carbocycles. The highest BCUT2D eigenvalue weighted by atomic mass is 16.5. The van der Waals surface area contributed by atoms with E-state index in [2.05, 4.69) is 10.1 Å².